The first-order valence-electron chi connectivity index (χ1n) is 31.0. The van der Waals surface area contributed by atoms with Crippen molar-refractivity contribution in [2.75, 3.05) is 0 Å². The van der Waals surface area contributed by atoms with Crippen LogP contribution in [0.2, 0.25) is 0 Å². The Morgan fingerprint density at radius 2 is 0.518 bits per heavy atom. The second kappa shape index (κ2) is 21.5. The summed E-state index contributed by atoms with van der Waals surface area (Å²) in [5.41, 5.74) is 50.2. The summed E-state index contributed by atoms with van der Waals surface area (Å²) in [6, 6.07) is 13.9. The van der Waals surface area contributed by atoms with Gasteiger partial charge in [-0.3, -0.25) is 4.98 Å². The Kier molecular flexibility index (Phi) is 15.4. The van der Waals surface area contributed by atoms with E-state index >= 15 is 0 Å². The fraction of sp³-hybridized carbons (Fsp3) is 0. The summed E-state index contributed by atoms with van der Waals surface area (Å²) in [5.74, 6) is 1.92. The minimum atomic E-state index is 0.951. The Balaban J connectivity index is 1.32. The Bertz CT molecular complexity index is 4860. The number of nitrogens with zero attached hydrogens (tertiary/aromatic N) is 2. The lowest BCUT2D eigenvalue weighted by molar-refractivity contribution is 0.601. The maximum absolute atomic E-state index is 8.27. The molecule has 3 heterocycles. The molecule has 8 aromatic carbocycles. The van der Waals surface area contributed by atoms with Crippen molar-refractivity contribution in [1.82, 2.24) is 9.97 Å². The first-order valence-corrected chi connectivity index (χ1v) is 31.0. The molecule has 0 N–H and O–H groups in total. The Hall–Kier alpha value is -5.80. The van der Waals surface area contributed by atoms with Crippen LogP contribution in [0.4, 0.5) is 0 Å². The van der Waals surface area contributed by atoms with E-state index in [2.05, 4.69) is 256 Å². The van der Waals surface area contributed by atoms with Gasteiger partial charge in [0.05, 0.1) is 16.7 Å². The molecule has 0 radical (unpaired) electrons. The van der Waals surface area contributed by atoms with Crippen LogP contribution in [0.15, 0.2) is 40.8 Å². The number of benzene rings is 8. The highest BCUT2D eigenvalue weighted by Gasteiger charge is 2.35. The fourth-order valence-corrected chi connectivity index (χ4v) is 15.5. The molecule has 0 aliphatic rings. The van der Waals surface area contributed by atoms with Crippen molar-refractivity contribution in [2.24, 2.45) is 0 Å². The van der Waals surface area contributed by atoms with Gasteiger partial charge in [-0.2, -0.15) is 0 Å². The fourth-order valence-electron chi connectivity index (χ4n) is 15.5. The van der Waals surface area contributed by atoms with Gasteiger partial charge < -0.3 is 4.42 Å². The standard InChI is InChI=1S/C54H62B28N2O/c55-22-11(9-5-6-10(8-4-2-1-3-7(8)9)49-47(80)32(65)19-30(63)31(64)20-33(66)48(81)54(82)84-51(20)50(19)83-49)12-13(24(57)37(70)36(69)23(12)56)18(29(22)62)52-14(16-25(58)38(71)44(77)39(72)26(16)59)15(17-27(60)40(73)45(78)41(74)28(17)61)53(85-52)21-34(67)42(75)46(79)43(76)35(21)68/h1-6H,55-82H2. The third-order valence-electron chi connectivity index (χ3n) is 23.1. The van der Waals surface area contributed by atoms with E-state index in [4.69, 9.17) is 14.4 Å². The Labute approximate surface area is 530 Å². The van der Waals surface area contributed by atoms with E-state index in [1.54, 1.807) is 0 Å². The molecular formula is C54H62B28N2O. The maximum Gasteiger partial charge on any atom is 0.163 e. The molecule has 0 spiro atoms. The molecule has 0 atom stereocenters. The molecule has 0 aliphatic carbocycles. The zero-order valence-corrected chi connectivity index (χ0v) is 56.8. The topological polar surface area (TPSA) is 38.9 Å². The van der Waals surface area contributed by atoms with Gasteiger partial charge in [0.1, 0.15) is 223 Å². The summed E-state index contributed by atoms with van der Waals surface area (Å²) < 4.78 is 8.27. The normalized spacial score (nSPS) is 11.7. The van der Waals surface area contributed by atoms with Gasteiger partial charge in [0, 0.05) is 27.8 Å². The van der Waals surface area contributed by atoms with Crippen LogP contribution < -0.4 is 153 Å². The zero-order chi connectivity index (χ0) is 62.1. The van der Waals surface area contributed by atoms with E-state index in [-0.39, 0.29) is 0 Å². The van der Waals surface area contributed by atoms with E-state index in [0.29, 0.717) is 0 Å². The van der Waals surface area contributed by atoms with Gasteiger partial charge in [-0.15, -0.1) is 60.1 Å². The predicted octanol–water partition coefficient (Wildman–Crippen LogP) is -34.1. The lowest BCUT2D eigenvalue weighted by atomic mass is 9.57. The van der Waals surface area contributed by atoms with Gasteiger partial charge in [0.25, 0.3) is 0 Å². The van der Waals surface area contributed by atoms with E-state index < -0.39 is 0 Å². The minimum Gasteiger partial charge on any atom is -0.455 e. The predicted molar refractivity (Wildman–Crippen MR) is 466 cm³/mol. The van der Waals surface area contributed by atoms with Gasteiger partial charge in [0.15, 0.2) is 7.85 Å². The Morgan fingerprint density at radius 3 is 0.965 bits per heavy atom. The highest BCUT2D eigenvalue weighted by Crippen LogP contribution is 2.47. The van der Waals surface area contributed by atoms with Crippen molar-refractivity contribution in [3.05, 3.63) is 36.4 Å². The van der Waals surface area contributed by atoms with Crippen LogP contribution >= 0.6 is 0 Å². The molecule has 3 aromatic heterocycles. The molecular weight excluding hydrogens is 995 g/mol. The van der Waals surface area contributed by atoms with Crippen molar-refractivity contribution < 1.29 is 4.42 Å². The van der Waals surface area contributed by atoms with E-state index in [1.807, 2.05) is 0 Å². The van der Waals surface area contributed by atoms with Gasteiger partial charge in [-0.1, -0.05) is 124 Å². The number of aromatic nitrogens is 2. The van der Waals surface area contributed by atoms with Crippen LogP contribution in [-0.2, 0) is 0 Å². The highest BCUT2D eigenvalue weighted by atomic mass is 16.3. The quantitative estimate of drug-likeness (QED) is 0.123. The van der Waals surface area contributed by atoms with Crippen LogP contribution in [0, 0.1) is 0 Å². The number of fused-ring (bicyclic) bond motifs is 5. The molecule has 0 saturated heterocycles. The smallest absolute Gasteiger partial charge is 0.163 e. The molecule has 3 nitrogen and oxygen atoms in total. The lowest BCUT2D eigenvalue weighted by Crippen LogP contribution is -2.56. The summed E-state index contributed by atoms with van der Waals surface area (Å²) in [6.07, 6.45) is 0. The third kappa shape index (κ3) is 8.57. The summed E-state index contributed by atoms with van der Waals surface area (Å²) in [4.78, 5) is 11.1. The molecule has 31 heteroatoms. The minimum absolute atomic E-state index is 0.951. The average molecular weight is 1060 g/mol. The van der Waals surface area contributed by atoms with Crippen LogP contribution in [0.1, 0.15) is 0 Å². The summed E-state index contributed by atoms with van der Waals surface area (Å²) >= 11 is 0. The van der Waals surface area contributed by atoms with Crippen LogP contribution in [0.25, 0.3) is 111 Å². The van der Waals surface area contributed by atoms with Crippen LogP contribution in [-0.4, -0.2) is 230 Å². The summed E-state index contributed by atoms with van der Waals surface area (Å²) in [6.45, 7) is 0. The van der Waals surface area contributed by atoms with E-state index in [9.17, 15) is 0 Å². The summed E-state index contributed by atoms with van der Waals surface area (Å²) in [5, 5.41) is 7.40. The van der Waals surface area contributed by atoms with Crippen molar-refractivity contribution in [2.45, 2.75) is 0 Å². The van der Waals surface area contributed by atoms with Crippen molar-refractivity contribution in [1.29, 1.82) is 0 Å². The van der Waals surface area contributed by atoms with Crippen molar-refractivity contribution in [3.63, 3.8) is 0 Å². The van der Waals surface area contributed by atoms with Gasteiger partial charge in [-0.05, 0) is 60.2 Å². The number of furan rings is 1. The van der Waals surface area contributed by atoms with Crippen molar-refractivity contribution >= 4 is 416 Å². The first kappa shape index (κ1) is 60.9. The molecule has 0 aliphatic heterocycles. The van der Waals surface area contributed by atoms with Crippen LogP contribution in [0.3, 0.4) is 0 Å². The molecule has 0 unspecified atom stereocenters. The third-order valence-corrected chi connectivity index (χ3v) is 23.1. The number of hydrogen-bond donors (Lipinski definition) is 0. The van der Waals surface area contributed by atoms with Gasteiger partial charge in [0.2, 0.25) is 0 Å². The molecule has 11 rings (SSSR count). The number of hydrogen-bond acceptors (Lipinski definition) is 3. The second-order valence-corrected chi connectivity index (χ2v) is 26.3. The largest absolute Gasteiger partial charge is 0.455 e. The molecule has 378 valence electrons. The Morgan fingerprint density at radius 1 is 0.224 bits per heavy atom. The highest BCUT2D eigenvalue weighted by molar-refractivity contribution is 6.75. The van der Waals surface area contributed by atoms with E-state index in [1.165, 1.54) is 224 Å². The molecule has 0 fully saturated rings. The van der Waals surface area contributed by atoms with E-state index in [0.717, 1.165) is 39.4 Å². The molecule has 11 aromatic rings. The average Bonchev–Trinajstić information content (AvgIpc) is 1.81. The molecule has 0 bridgehead atoms. The molecule has 85 heavy (non-hydrogen) atoms. The monoisotopic (exact) mass is 1060 g/mol. The summed E-state index contributed by atoms with van der Waals surface area (Å²) in [7, 11) is 64.8. The SMILES string of the molecule is Bc1nc2c(c(B)c1B)c(B)c(B)c1c(B)c(B)c(-c3ccc(-c4c(B)c(B)c(-c5oc(-c6c(B)c(B)c(B)c(B)c6B)c(-c6c(B)c(B)c(B)c(B)c6B)c5-c5c(B)c(B)c(B)c(B)c5B)c5c(B)c(B)c(B)c(B)c45)c4ccccc34)nc12. The van der Waals surface area contributed by atoms with Crippen LogP contribution in [0.5, 0.6) is 0 Å². The zero-order valence-electron chi connectivity index (χ0n) is 56.8. The molecule has 0 saturated carbocycles. The first-order chi connectivity index (χ1) is 39.9. The van der Waals surface area contributed by atoms with Crippen molar-refractivity contribution in [3.8, 4) is 67.3 Å². The molecule has 0 amide bonds. The van der Waals surface area contributed by atoms with Gasteiger partial charge >= 0.3 is 0 Å². The maximum atomic E-state index is 8.27. The number of pyridine rings is 2. The number of rotatable bonds is 6. The van der Waals surface area contributed by atoms with Gasteiger partial charge in [-0.25, -0.2) is 4.98 Å². The lowest BCUT2D eigenvalue weighted by Gasteiger charge is -2.27. The second-order valence-electron chi connectivity index (χ2n) is 26.3.